The first-order chi connectivity index (χ1) is 26.0. The molecule has 0 bridgehead atoms. The summed E-state index contributed by atoms with van der Waals surface area (Å²) in [5.74, 6) is -6.60. The van der Waals surface area contributed by atoms with E-state index in [1.54, 1.807) is 12.1 Å². The molecule has 0 aromatic heterocycles. The van der Waals surface area contributed by atoms with Crippen molar-refractivity contribution in [1.82, 2.24) is 30.7 Å². The third kappa shape index (κ3) is 9.64. The number of halogens is 2. The average molecular weight is 767 g/mol. The van der Waals surface area contributed by atoms with Gasteiger partial charge < -0.3 is 35.4 Å². The first-order valence-electron chi connectivity index (χ1n) is 18.5. The van der Waals surface area contributed by atoms with E-state index < -0.39 is 95.4 Å². The number of rotatable bonds is 7. The fraction of sp³-hybridized carbons (Fsp3) is 0.513. The maximum absolute atomic E-state index is 14.5. The van der Waals surface area contributed by atoms with Crippen molar-refractivity contribution < 1.29 is 47.1 Å². The molecule has 1 unspecified atom stereocenters. The molecule has 3 fully saturated rings. The van der Waals surface area contributed by atoms with Gasteiger partial charge >= 0.3 is 5.97 Å². The second-order valence-corrected chi connectivity index (χ2v) is 14.6. The monoisotopic (exact) mass is 766 g/mol. The molecule has 6 amide bonds. The maximum atomic E-state index is 14.5. The minimum Gasteiger partial charge on any atom is -0.458 e. The van der Waals surface area contributed by atoms with Crippen LogP contribution >= 0.6 is 0 Å². The van der Waals surface area contributed by atoms with Crippen LogP contribution in [0.5, 0.6) is 0 Å². The second-order valence-electron chi connectivity index (χ2n) is 14.6. The van der Waals surface area contributed by atoms with E-state index in [2.05, 4.69) is 16.0 Å². The summed E-state index contributed by atoms with van der Waals surface area (Å²) >= 11 is 0. The van der Waals surface area contributed by atoms with E-state index in [1.165, 1.54) is 42.5 Å². The Hall–Kier alpha value is -5.41. The summed E-state index contributed by atoms with van der Waals surface area (Å²) in [5.41, 5.74) is 1.66. The highest BCUT2D eigenvalue weighted by molar-refractivity contribution is 5.97. The highest BCUT2D eigenvalue weighted by Gasteiger charge is 2.45. The van der Waals surface area contributed by atoms with Gasteiger partial charge in [-0.15, -0.1) is 0 Å². The molecule has 3 aliphatic rings. The Morgan fingerprint density at radius 3 is 2.09 bits per heavy atom. The molecule has 3 N–H and O–H groups in total. The maximum Gasteiger partial charge on any atom is 0.329 e. The molecular formula is C39H48F2N6O8. The number of esters is 1. The van der Waals surface area contributed by atoms with Crippen molar-refractivity contribution in [2.45, 2.75) is 109 Å². The van der Waals surface area contributed by atoms with E-state index in [-0.39, 0.29) is 44.3 Å². The topological polar surface area (TPSA) is 175 Å². The lowest BCUT2D eigenvalue weighted by atomic mass is 10.0. The van der Waals surface area contributed by atoms with Crippen LogP contribution in [0.4, 0.5) is 8.78 Å². The minimum absolute atomic E-state index is 0.0451. The highest BCUT2D eigenvalue weighted by Crippen LogP contribution is 2.25. The Morgan fingerprint density at radius 1 is 0.855 bits per heavy atom. The Balaban J connectivity index is 1.48. The van der Waals surface area contributed by atoms with E-state index in [1.807, 2.05) is 19.1 Å². The van der Waals surface area contributed by atoms with Gasteiger partial charge in [0.05, 0.1) is 6.42 Å². The molecule has 3 heterocycles. The van der Waals surface area contributed by atoms with Crippen LogP contribution in [0.2, 0.25) is 0 Å². The number of carbonyl (C=O) groups is 7. The summed E-state index contributed by atoms with van der Waals surface area (Å²) in [4.78, 5) is 99.9. The second kappa shape index (κ2) is 17.4. The number of likely N-dealkylation sites (N-methyl/N-ethyl adjacent to an activating group) is 1. The van der Waals surface area contributed by atoms with Gasteiger partial charge in [0, 0.05) is 32.6 Å². The number of hydrogen-bond donors (Lipinski definition) is 3. The van der Waals surface area contributed by atoms with Crippen molar-refractivity contribution in [3.05, 3.63) is 70.8 Å². The number of fused-ring (bicyclic) bond motifs is 2. The lowest BCUT2D eigenvalue weighted by Gasteiger charge is -2.36. The van der Waals surface area contributed by atoms with Crippen LogP contribution < -0.4 is 16.0 Å². The summed E-state index contributed by atoms with van der Waals surface area (Å²) in [6.45, 7) is 6.57. The van der Waals surface area contributed by atoms with Crippen molar-refractivity contribution in [3.8, 4) is 0 Å². The van der Waals surface area contributed by atoms with E-state index in [4.69, 9.17) is 4.74 Å². The van der Waals surface area contributed by atoms with Gasteiger partial charge in [0.2, 0.25) is 35.4 Å². The number of benzene rings is 2. The summed E-state index contributed by atoms with van der Waals surface area (Å²) in [6, 6.07) is 2.65. The van der Waals surface area contributed by atoms with E-state index in [0.29, 0.717) is 24.5 Å². The van der Waals surface area contributed by atoms with Crippen LogP contribution in [-0.4, -0.2) is 119 Å². The van der Waals surface area contributed by atoms with Gasteiger partial charge in [0.25, 0.3) is 0 Å². The molecule has 0 aliphatic carbocycles. The van der Waals surface area contributed by atoms with Crippen molar-refractivity contribution in [3.63, 3.8) is 0 Å². The molecule has 16 heteroatoms. The molecule has 5 rings (SSSR count). The largest absolute Gasteiger partial charge is 0.458 e. The molecule has 7 atom stereocenters. The lowest BCUT2D eigenvalue weighted by Crippen LogP contribution is -2.62. The number of hydrogen-bond acceptors (Lipinski definition) is 8. The highest BCUT2D eigenvalue weighted by atomic mass is 19.1. The first-order valence-corrected chi connectivity index (χ1v) is 18.5. The van der Waals surface area contributed by atoms with Gasteiger partial charge in [-0.25, -0.2) is 13.6 Å². The van der Waals surface area contributed by atoms with Crippen LogP contribution in [0.1, 0.15) is 63.1 Å². The predicted molar refractivity (Wildman–Crippen MR) is 194 cm³/mol. The van der Waals surface area contributed by atoms with Crippen LogP contribution in [-0.2, 0) is 51.1 Å². The molecule has 3 aliphatic heterocycles. The normalized spacial score (nSPS) is 25.9. The third-order valence-electron chi connectivity index (χ3n) is 10.5. The van der Waals surface area contributed by atoms with Crippen LogP contribution in [0, 0.1) is 18.6 Å². The number of nitrogens with zero attached hydrogens (tertiary/aromatic N) is 3. The first kappa shape index (κ1) is 40.8. The molecule has 0 saturated carbocycles. The zero-order chi connectivity index (χ0) is 40.1. The number of cyclic esters (lactones) is 1. The summed E-state index contributed by atoms with van der Waals surface area (Å²) in [5, 5.41) is 7.88. The molecule has 296 valence electrons. The lowest BCUT2D eigenvalue weighted by molar-refractivity contribution is -0.162. The Morgan fingerprint density at radius 2 is 1.45 bits per heavy atom. The molecule has 0 radical (unpaired) electrons. The van der Waals surface area contributed by atoms with Gasteiger partial charge in [-0.3, -0.25) is 28.8 Å². The van der Waals surface area contributed by atoms with Crippen LogP contribution in [0.25, 0.3) is 0 Å². The smallest absolute Gasteiger partial charge is 0.329 e. The van der Waals surface area contributed by atoms with Gasteiger partial charge in [0.15, 0.2) is 0 Å². The van der Waals surface area contributed by atoms with E-state index in [0.717, 1.165) is 17.7 Å². The molecule has 3 saturated heterocycles. The van der Waals surface area contributed by atoms with Gasteiger partial charge in [-0.1, -0.05) is 29.8 Å². The summed E-state index contributed by atoms with van der Waals surface area (Å²) < 4.78 is 34.3. The van der Waals surface area contributed by atoms with E-state index >= 15 is 0 Å². The number of nitrogens with one attached hydrogen (secondary N) is 3. The molecule has 0 spiro atoms. The summed E-state index contributed by atoms with van der Waals surface area (Å²) in [6.07, 6.45) is -0.479. The molecular weight excluding hydrogens is 718 g/mol. The number of carbonyl (C=O) groups excluding carboxylic acids is 7. The third-order valence-corrected chi connectivity index (χ3v) is 10.5. The number of amides is 6. The van der Waals surface area contributed by atoms with Gasteiger partial charge in [0.1, 0.15) is 54.0 Å². The van der Waals surface area contributed by atoms with Gasteiger partial charge in [-0.2, -0.15) is 0 Å². The summed E-state index contributed by atoms with van der Waals surface area (Å²) in [7, 11) is 1.42. The Bertz CT molecular complexity index is 1810. The SMILES string of the molecule is Cc1ccc(CC(=O)N[C@@H](Cc2cc(F)cc(F)c2)C(=O)N[C@@H]2C(=O)N3CCC[C@H]3C(=O)N(C)[C@@H](C)C(=O)N[C@@H](C)C(=O)N3CCCC3C(=O)O[C@H]2C)cc1. The molecule has 2 aromatic rings. The fourth-order valence-electron chi connectivity index (χ4n) is 7.26. The Kier molecular flexibility index (Phi) is 12.9. The minimum atomic E-state index is -1.60. The number of aryl methyl sites for hydroxylation is 1. The zero-order valence-corrected chi connectivity index (χ0v) is 31.6. The van der Waals surface area contributed by atoms with Crippen molar-refractivity contribution in [2.75, 3.05) is 20.1 Å². The van der Waals surface area contributed by atoms with Crippen LogP contribution in [0.15, 0.2) is 42.5 Å². The van der Waals surface area contributed by atoms with Gasteiger partial charge in [-0.05, 0) is 76.6 Å². The predicted octanol–water partition coefficient (Wildman–Crippen LogP) is 1.31. The Labute approximate surface area is 318 Å². The fourth-order valence-corrected chi connectivity index (χ4v) is 7.26. The van der Waals surface area contributed by atoms with Crippen molar-refractivity contribution >= 4 is 41.4 Å². The van der Waals surface area contributed by atoms with E-state index in [9.17, 15) is 42.3 Å². The number of ether oxygens (including phenoxy) is 1. The zero-order valence-electron chi connectivity index (χ0n) is 31.6. The molecule has 55 heavy (non-hydrogen) atoms. The van der Waals surface area contributed by atoms with Crippen LogP contribution in [0.3, 0.4) is 0 Å². The average Bonchev–Trinajstić information content (AvgIpc) is 3.83. The molecule has 14 nitrogen and oxygen atoms in total. The molecule has 2 aromatic carbocycles. The van der Waals surface area contributed by atoms with Crippen molar-refractivity contribution in [1.29, 1.82) is 0 Å². The standard InChI is InChI=1S/C39H48F2N6O8/c1-21-10-12-25(13-11-21)19-32(48)43-29(18-26-16-27(40)20-28(41)17-26)35(50)44-33-24(4)55-39(54)31-9-7-15-47(31)36(51)22(2)42-34(49)23(3)45(5)37(52)30-8-6-14-46(30)38(33)53/h10-13,16-17,20,22-24,29-31,33H,6-9,14-15,18-19H2,1-5H3,(H,42,49)(H,43,48)(H,44,50)/t22-,23-,24-,29-,30-,31?,33-/m0/s1. The quantitative estimate of drug-likeness (QED) is 0.354. The van der Waals surface area contributed by atoms with Crippen molar-refractivity contribution in [2.24, 2.45) is 0 Å².